The first-order valence-corrected chi connectivity index (χ1v) is 7.12. The largest absolute Gasteiger partial charge is 0.492 e. The van der Waals surface area contributed by atoms with Gasteiger partial charge >= 0.3 is 0 Å². The van der Waals surface area contributed by atoms with Gasteiger partial charge in [-0.25, -0.2) is 0 Å². The Morgan fingerprint density at radius 3 is 2.85 bits per heavy atom. The Kier molecular flexibility index (Phi) is 5.18. The molecular weight excluding hydrogens is 250 g/mol. The highest BCUT2D eigenvalue weighted by Gasteiger charge is 2.03. The number of benzene rings is 1. The van der Waals surface area contributed by atoms with Gasteiger partial charge in [0.2, 0.25) is 0 Å². The molecule has 0 bridgehead atoms. The molecule has 4 nitrogen and oxygen atoms in total. The van der Waals surface area contributed by atoms with Crippen LogP contribution in [0.3, 0.4) is 0 Å². The third kappa shape index (κ3) is 4.10. The molecule has 0 spiro atoms. The molecule has 20 heavy (non-hydrogen) atoms. The number of hydrogen-bond acceptors (Lipinski definition) is 3. The lowest BCUT2D eigenvalue weighted by molar-refractivity contribution is 0.312. The van der Waals surface area contributed by atoms with E-state index in [1.165, 1.54) is 11.3 Å². The Hall–Kier alpha value is -1.81. The van der Waals surface area contributed by atoms with Crippen molar-refractivity contribution in [3.8, 4) is 5.75 Å². The van der Waals surface area contributed by atoms with Gasteiger partial charge in [0.25, 0.3) is 0 Å². The van der Waals surface area contributed by atoms with E-state index in [-0.39, 0.29) is 0 Å². The van der Waals surface area contributed by atoms with E-state index >= 15 is 0 Å². The number of ether oxygens (including phenoxy) is 1. The number of rotatable bonds is 7. The quantitative estimate of drug-likeness (QED) is 0.788. The van der Waals surface area contributed by atoms with E-state index in [9.17, 15) is 0 Å². The first-order chi connectivity index (χ1) is 9.69. The Labute approximate surface area is 120 Å². The van der Waals surface area contributed by atoms with Crippen LogP contribution >= 0.6 is 0 Å². The fraction of sp³-hybridized carbons (Fsp3) is 0.438. The Morgan fingerprint density at radius 1 is 1.25 bits per heavy atom. The molecule has 0 saturated heterocycles. The van der Waals surface area contributed by atoms with Crippen LogP contribution in [-0.4, -0.2) is 22.9 Å². The van der Waals surface area contributed by atoms with Crippen LogP contribution in [0.2, 0.25) is 0 Å². The van der Waals surface area contributed by atoms with Crippen LogP contribution < -0.4 is 10.1 Å². The second-order valence-electron chi connectivity index (χ2n) is 4.93. The van der Waals surface area contributed by atoms with Crippen LogP contribution in [-0.2, 0) is 13.1 Å². The van der Waals surface area contributed by atoms with Crippen LogP contribution in [0.1, 0.15) is 23.9 Å². The zero-order valence-corrected chi connectivity index (χ0v) is 12.5. The van der Waals surface area contributed by atoms with Crippen molar-refractivity contribution in [1.29, 1.82) is 0 Å². The van der Waals surface area contributed by atoms with Gasteiger partial charge in [-0.1, -0.05) is 12.1 Å². The first kappa shape index (κ1) is 14.6. The van der Waals surface area contributed by atoms with Crippen LogP contribution in [0.15, 0.2) is 30.3 Å². The number of nitrogens with zero attached hydrogens (tertiary/aromatic N) is 2. The Morgan fingerprint density at radius 2 is 2.10 bits per heavy atom. The molecule has 0 saturated carbocycles. The minimum Gasteiger partial charge on any atom is -0.492 e. The molecule has 0 aliphatic carbocycles. The van der Waals surface area contributed by atoms with Crippen molar-refractivity contribution in [2.24, 2.45) is 0 Å². The molecule has 4 heteroatoms. The average Bonchev–Trinajstić information content (AvgIpc) is 2.79. The molecule has 1 aromatic carbocycles. The van der Waals surface area contributed by atoms with Crippen LogP contribution in [0, 0.1) is 13.8 Å². The molecule has 1 aromatic heterocycles. The van der Waals surface area contributed by atoms with Crippen molar-refractivity contribution in [2.75, 3.05) is 13.2 Å². The van der Waals surface area contributed by atoms with Gasteiger partial charge in [-0.05, 0) is 44.5 Å². The van der Waals surface area contributed by atoms with E-state index < -0.39 is 0 Å². The van der Waals surface area contributed by atoms with Crippen LogP contribution in [0.5, 0.6) is 5.75 Å². The van der Waals surface area contributed by atoms with E-state index in [4.69, 9.17) is 4.74 Å². The maximum atomic E-state index is 5.70. The van der Waals surface area contributed by atoms with Crippen molar-refractivity contribution in [1.82, 2.24) is 15.1 Å². The maximum absolute atomic E-state index is 5.70. The van der Waals surface area contributed by atoms with E-state index in [1.807, 2.05) is 23.7 Å². The molecule has 0 radical (unpaired) electrons. The van der Waals surface area contributed by atoms with Gasteiger partial charge in [0, 0.05) is 19.6 Å². The zero-order valence-electron chi connectivity index (χ0n) is 12.5. The highest BCUT2D eigenvalue weighted by atomic mass is 16.5. The Balaban J connectivity index is 1.71. The topological polar surface area (TPSA) is 39.1 Å². The van der Waals surface area contributed by atoms with Crippen molar-refractivity contribution in [3.63, 3.8) is 0 Å². The number of nitrogens with one attached hydrogen (secondary N) is 1. The smallest absolute Gasteiger partial charge is 0.119 e. The van der Waals surface area contributed by atoms with Crippen LogP contribution in [0.25, 0.3) is 0 Å². The summed E-state index contributed by atoms with van der Waals surface area (Å²) in [6, 6.07) is 10.2. The molecule has 1 heterocycles. The molecule has 2 aromatic rings. The third-order valence-electron chi connectivity index (χ3n) is 3.13. The van der Waals surface area contributed by atoms with Crippen molar-refractivity contribution < 1.29 is 4.74 Å². The molecule has 0 amide bonds. The SMILES string of the molecule is CCn1nc(C)cc1CNCCOc1cccc(C)c1. The lowest BCUT2D eigenvalue weighted by Gasteiger charge is -2.09. The minimum absolute atomic E-state index is 0.669. The molecule has 0 unspecified atom stereocenters. The maximum Gasteiger partial charge on any atom is 0.119 e. The fourth-order valence-corrected chi connectivity index (χ4v) is 2.18. The monoisotopic (exact) mass is 273 g/mol. The van der Waals surface area contributed by atoms with Crippen LogP contribution in [0.4, 0.5) is 0 Å². The average molecular weight is 273 g/mol. The standard InChI is InChI=1S/C16H23N3O/c1-4-19-15(11-14(3)18-19)12-17-8-9-20-16-7-5-6-13(2)10-16/h5-7,10-11,17H,4,8-9,12H2,1-3H3. The van der Waals surface area contributed by atoms with E-state index in [0.29, 0.717) is 6.61 Å². The third-order valence-corrected chi connectivity index (χ3v) is 3.13. The van der Waals surface area contributed by atoms with Crippen molar-refractivity contribution in [2.45, 2.75) is 33.9 Å². The van der Waals surface area contributed by atoms with Crippen molar-refractivity contribution in [3.05, 3.63) is 47.3 Å². The van der Waals surface area contributed by atoms with Gasteiger partial charge in [-0.3, -0.25) is 4.68 Å². The van der Waals surface area contributed by atoms with Gasteiger partial charge < -0.3 is 10.1 Å². The summed E-state index contributed by atoms with van der Waals surface area (Å²) in [5, 5.41) is 7.82. The first-order valence-electron chi connectivity index (χ1n) is 7.12. The number of aromatic nitrogens is 2. The fourth-order valence-electron chi connectivity index (χ4n) is 2.18. The normalized spacial score (nSPS) is 10.8. The highest BCUT2D eigenvalue weighted by molar-refractivity contribution is 5.27. The summed E-state index contributed by atoms with van der Waals surface area (Å²) in [5.74, 6) is 0.932. The van der Waals surface area contributed by atoms with Gasteiger partial charge in [0.1, 0.15) is 12.4 Å². The zero-order chi connectivity index (χ0) is 14.4. The second-order valence-corrected chi connectivity index (χ2v) is 4.93. The van der Waals surface area contributed by atoms with Gasteiger partial charge in [0.05, 0.1) is 11.4 Å². The van der Waals surface area contributed by atoms with E-state index in [2.05, 4.69) is 42.5 Å². The molecule has 1 N–H and O–H groups in total. The van der Waals surface area contributed by atoms with Gasteiger partial charge in [-0.2, -0.15) is 5.10 Å². The van der Waals surface area contributed by atoms with E-state index in [1.54, 1.807) is 0 Å². The predicted molar refractivity (Wildman–Crippen MR) is 81.0 cm³/mol. The molecule has 0 aliphatic rings. The summed E-state index contributed by atoms with van der Waals surface area (Å²) >= 11 is 0. The summed E-state index contributed by atoms with van der Waals surface area (Å²) < 4.78 is 7.73. The molecule has 0 fully saturated rings. The summed E-state index contributed by atoms with van der Waals surface area (Å²) in [5.41, 5.74) is 3.51. The highest BCUT2D eigenvalue weighted by Crippen LogP contribution is 2.11. The van der Waals surface area contributed by atoms with Gasteiger partial charge in [-0.15, -0.1) is 0 Å². The molecular formula is C16H23N3O. The molecule has 108 valence electrons. The Bertz CT molecular complexity index is 548. The molecule has 2 rings (SSSR count). The lowest BCUT2D eigenvalue weighted by Crippen LogP contribution is -2.22. The number of hydrogen-bond donors (Lipinski definition) is 1. The predicted octanol–water partition coefficient (Wildman–Crippen LogP) is 2.69. The number of aryl methyl sites for hydroxylation is 3. The summed E-state index contributed by atoms with van der Waals surface area (Å²) in [6.45, 7) is 9.42. The van der Waals surface area contributed by atoms with E-state index in [0.717, 1.165) is 31.1 Å². The van der Waals surface area contributed by atoms with Crippen molar-refractivity contribution >= 4 is 0 Å². The summed E-state index contributed by atoms with van der Waals surface area (Å²) in [6.07, 6.45) is 0. The van der Waals surface area contributed by atoms with Gasteiger partial charge in [0.15, 0.2) is 0 Å². The summed E-state index contributed by atoms with van der Waals surface area (Å²) in [7, 11) is 0. The second kappa shape index (κ2) is 7.10. The molecule has 0 atom stereocenters. The lowest BCUT2D eigenvalue weighted by atomic mass is 10.2. The molecule has 0 aliphatic heterocycles. The minimum atomic E-state index is 0.669. The summed E-state index contributed by atoms with van der Waals surface area (Å²) in [4.78, 5) is 0.